The fourth-order valence-electron chi connectivity index (χ4n) is 1.40. The van der Waals surface area contributed by atoms with E-state index in [2.05, 4.69) is 11.6 Å². The van der Waals surface area contributed by atoms with E-state index in [9.17, 15) is 5.11 Å². The number of phenols is 1. The third kappa shape index (κ3) is 1.89. The highest BCUT2D eigenvalue weighted by Crippen LogP contribution is 2.27. The topological polar surface area (TPSA) is 33.1 Å². The molecule has 0 unspecified atom stereocenters. The van der Waals surface area contributed by atoms with Crippen molar-refractivity contribution in [1.29, 1.82) is 0 Å². The van der Waals surface area contributed by atoms with Crippen LogP contribution in [0.5, 0.6) is 5.75 Å². The minimum Gasteiger partial charge on any atom is -0.507 e. The second kappa shape index (κ2) is 3.96. The first-order valence-electron chi connectivity index (χ1n) is 4.68. The normalized spacial score (nSPS) is 9.87. The number of para-hydroxylation sites is 1. The van der Waals surface area contributed by atoms with E-state index in [0.717, 1.165) is 16.8 Å². The molecule has 0 saturated carbocycles. The van der Waals surface area contributed by atoms with Crippen LogP contribution in [-0.4, -0.2) is 10.1 Å². The molecular weight excluding hydrogens is 186 g/mol. The number of nitrogens with zero attached hydrogens (tertiary/aromatic N) is 1. The predicted molar refractivity (Wildman–Crippen MR) is 61.4 cm³/mol. The van der Waals surface area contributed by atoms with E-state index in [-0.39, 0.29) is 5.75 Å². The molecule has 2 rings (SSSR count). The SMILES string of the molecule is C=Cc1ccc(-c2ccccc2O)cn1. The Hall–Kier alpha value is -2.09. The minimum atomic E-state index is 0.269. The van der Waals surface area contributed by atoms with Gasteiger partial charge < -0.3 is 5.11 Å². The van der Waals surface area contributed by atoms with Gasteiger partial charge >= 0.3 is 0 Å². The number of phenolic OH excluding ortho intramolecular Hbond substituents is 1. The Bertz CT molecular complexity index is 474. The third-order valence-corrected chi connectivity index (χ3v) is 2.21. The van der Waals surface area contributed by atoms with Gasteiger partial charge in [-0.3, -0.25) is 4.98 Å². The number of hydrogen-bond acceptors (Lipinski definition) is 2. The Morgan fingerprint density at radius 3 is 2.53 bits per heavy atom. The van der Waals surface area contributed by atoms with Gasteiger partial charge in [0, 0.05) is 17.3 Å². The van der Waals surface area contributed by atoms with Crippen LogP contribution in [0.15, 0.2) is 49.2 Å². The Morgan fingerprint density at radius 2 is 1.93 bits per heavy atom. The molecule has 0 spiro atoms. The van der Waals surface area contributed by atoms with Crippen LogP contribution in [0, 0.1) is 0 Å². The van der Waals surface area contributed by atoms with E-state index in [1.165, 1.54) is 0 Å². The van der Waals surface area contributed by atoms with Crippen molar-refractivity contribution in [1.82, 2.24) is 4.98 Å². The zero-order valence-corrected chi connectivity index (χ0v) is 8.22. The van der Waals surface area contributed by atoms with Gasteiger partial charge in [-0.25, -0.2) is 0 Å². The summed E-state index contributed by atoms with van der Waals surface area (Å²) in [6.07, 6.45) is 3.42. The summed E-state index contributed by atoms with van der Waals surface area (Å²) in [5.74, 6) is 0.269. The number of aromatic nitrogens is 1. The zero-order valence-electron chi connectivity index (χ0n) is 8.22. The van der Waals surface area contributed by atoms with E-state index in [0.29, 0.717) is 0 Å². The highest BCUT2D eigenvalue weighted by atomic mass is 16.3. The van der Waals surface area contributed by atoms with E-state index in [1.807, 2.05) is 24.3 Å². The van der Waals surface area contributed by atoms with Gasteiger partial charge in [0.1, 0.15) is 5.75 Å². The predicted octanol–water partition coefficient (Wildman–Crippen LogP) is 3.10. The lowest BCUT2D eigenvalue weighted by Gasteiger charge is -2.03. The van der Waals surface area contributed by atoms with Gasteiger partial charge in [0.2, 0.25) is 0 Å². The zero-order chi connectivity index (χ0) is 10.7. The molecule has 15 heavy (non-hydrogen) atoms. The number of rotatable bonds is 2. The lowest BCUT2D eigenvalue weighted by molar-refractivity contribution is 0.477. The monoisotopic (exact) mass is 197 g/mol. The van der Waals surface area contributed by atoms with Crippen LogP contribution in [0.1, 0.15) is 5.69 Å². The van der Waals surface area contributed by atoms with Gasteiger partial charge in [0.25, 0.3) is 0 Å². The molecule has 1 aromatic heterocycles. The Labute approximate surface area is 88.5 Å². The molecule has 2 heteroatoms. The quantitative estimate of drug-likeness (QED) is 0.802. The summed E-state index contributed by atoms with van der Waals surface area (Å²) in [6, 6.07) is 11.0. The standard InChI is InChI=1S/C13H11NO/c1-2-11-8-7-10(9-14-11)12-5-3-4-6-13(12)15/h2-9,15H,1H2. The molecule has 0 amide bonds. The third-order valence-electron chi connectivity index (χ3n) is 2.21. The first-order chi connectivity index (χ1) is 7.31. The fourth-order valence-corrected chi connectivity index (χ4v) is 1.40. The first kappa shape index (κ1) is 9.46. The van der Waals surface area contributed by atoms with Crippen molar-refractivity contribution >= 4 is 6.08 Å². The summed E-state index contributed by atoms with van der Waals surface area (Å²) < 4.78 is 0. The summed E-state index contributed by atoms with van der Waals surface area (Å²) in [7, 11) is 0. The molecule has 0 aliphatic rings. The van der Waals surface area contributed by atoms with Crippen LogP contribution in [0.3, 0.4) is 0 Å². The molecule has 1 aromatic carbocycles. The fraction of sp³-hybridized carbons (Fsp3) is 0. The van der Waals surface area contributed by atoms with Crippen molar-refractivity contribution in [2.24, 2.45) is 0 Å². The molecule has 1 heterocycles. The second-order valence-corrected chi connectivity index (χ2v) is 3.19. The molecule has 2 aromatic rings. The van der Waals surface area contributed by atoms with Crippen molar-refractivity contribution < 1.29 is 5.11 Å². The van der Waals surface area contributed by atoms with Crippen LogP contribution >= 0.6 is 0 Å². The van der Waals surface area contributed by atoms with Crippen molar-refractivity contribution in [3.8, 4) is 16.9 Å². The van der Waals surface area contributed by atoms with Crippen molar-refractivity contribution in [2.45, 2.75) is 0 Å². The lowest BCUT2D eigenvalue weighted by atomic mass is 10.1. The number of hydrogen-bond donors (Lipinski definition) is 1. The Morgan fingerprint density at radius 1 is 1.13 bits per heavy atom. The van der Waals surface area contributed by atoms with Crippen LogP contribution in [-0.2, 0) is 0 Å². The minimum absolute atomic E-state index is 0.269. The van der Waals surface area contributed by atoms with E-state index in [4.69, 9.17) is 0 Å². The number of aromatic hydroxyl groups is 1. The van der Waals surface area contributed by atoms with Crippen LogP contribution in [0.4, 0.5) is 0 Å². The Kier molecular flexibility index (Phi) is 2.50. The van der Waals surface area contributed by atoms with Crippen LogP contribution in [0.25, 0.3) is 17.2 Å². The smallest absolute Gasteiger partial charge is 0.123 e. The van der Waals surface area contributed by atoms with Gasteiger partial charge in [-0.1, -0.05) is 30.8 Å². The molecule has 0 bridgehead atoms. The first-order valence-corrected chi connectivity index (χ1v) is 4.68. The molecule has 2 nitrogen and oxygen atoms in total. The van der Waals surface area contributed by atoms with Crippen LogP contribution < -0.4 is 0 Å². The van der Waals surface area contributed by atoms with E-state index < -0.39 is 0 Å². The van der Waals surface area contributed by atoms with Gasteiger partial charge in [-0.05, 0) is 18.2 Å². The van der Waals surface area contributed by atoms with Crippen molar-refractivity contribution in [3.63, 3.8) is 0 Å². The largest absolute Gasteiger partial charge is 0.507 e. The average molecular weight is 197 g/mol. The van der Waals surface area contributed by atoms with Gasteiger partial charge in [0.05, 0.1) is 5.69 Å². The molecular formula is C13H11NO. The number of pyridine rings is 1. The molecule has 0 aliphatic heterocycles. The van der Waals surface area contributed by atoms with Gasteiger partial charge in [-0.15, -0.1) is 0 Å². The molecule has 0 saturated heterocycles. The van der Waals surface area contributed by atoms with E-state index >= 15 is 0 Å². The molecule has 0 atom stereocenters. The van der Waals surface area contributed by atoms with Crippen LogP contribution in [0.2, 0.25) is 0 Å². The summed E-state index contributed by atoms with van der Waals surface area (Å²) >= 11 is 0. The maximum absolute atomic E-state index is 9.64. The number of benzene rings is 1. The summed E-state index contributed by atoms with van der Waals surface area (Å²) in [5.41, 5.74) is 2.52. The molecule has 0 fully saturated rings. The summed E-state index contributed by atoms with van der Waals surface area (Å²) in [5, 5.41) is 9.64. The van der Waals surface area contributed by atoms with Gasteiger partial charge in [0.15, 0.2) is 0 Å². The maximum Gasteiger partial charge on any atom is 0.123 e. The van der Waals surface area contributed by atoms with Gasteiger partial charge in [-0.2, -0.15) is 0 Å². The molecule has 74 valence electrons. The second-order valence-electron chi connectivity index (χ2n) is 3.19. The summed E-state index contributed by atoms with van der Waals surface area (Å²) in [4.78, 5) is 4.19. The average Bonchev–Trinajstić information content (AvgIpc) is 2.30. The molecule has 0 aliphatic carbocycles. The summed E-state index contributed by atoms with van der Waals surface area (Å²) in [6.45, 7) is 3.64. The maximum atomic E-state index is 9.64. The highest BCUT2D eigenvalue weighted by molar-refractivity contribution is 5.69. The van der Waals surface area contributed by atoms with Crippen molar-refractivity contribution in [3.05, 3.63) is 54.9 Å². The Balaban J connectivity index is 2.46. The van der Waals surface area contributed by atoms with E-state index in [1.54, 1.807) is 24.4 Å². The highest BCUT2D eigenvalue weighted by Gasteiger charge is 2.02. The molecule has 0 radical (unpaired) electrons. The van der Waals surface area contributed by atoms with Crippen molar-refractivity contribution in [2.75, 3.05) is 0 Å². The lowest BCUT2D eigenvalue weighted by Crippen LogP contribution is -1.83. The molecule has 1 N–H and O–H groups in total.